The lowest BCUT2D eigenvalue weighted by atomic mass is 10.2. The Bertz CT molecular complexity index is 453. The van der Waals surface area contributed by atoms with Crippen LogP contribution in [0.2, 0.25) is 0 Å². The van der Waals surface area contributed by atoms with Gasteiger partial charge in [-0.25, -0.2) is 4.39 Å². The third-order valence-corrected chi connectivity index (χ3v) is 3.23. The van der Waals surface area contributed by atoms with Crippen molar-refractivity contribution in [2.24, 2.45) is 0 Å². The molecule has 0 spiro atoms. The van der Waals surface area contributed by atoms with Crippen LogP contribution < -0.4 is 10.6 Å². The molecule has 5 heteroatoms. The second-order valence-electron chi connectivity index (χ2n) is 4.77. The van der Waals surface area contributed by atoms with Crippen LogP contribution in [0.25, 0.3) is 6.08 Å². The highest BCUT2D eigenvalue weighted by atomic mass is 19.1. The van der Waals surface area contributed by atoms with E-state index in [-0.39, 0.29) is 11.7 Å². The molecule has 0 aromatic heterocycles. The van der Waals surface area contributed by atoms with Gasteiger partial charge in [-0.15, -0.1) is 0 Å². The number of hydrogen-bond acceptors (Lipinski definition) is 3. The predicted octanol–water partition coefficient (Wildman–Crippen LogP) is 0.860. The lowest BCUT2D eigenvalue weighted by Gasteiger charge is -2.26. The largest absolute Gasteiger partial charge is 0.351 e. The van der Waals surface area contributed by atoms with Crippen LogP contribution in [0.5, 0.6) is 0 Å². The summed E-state index contributed by atoms with van der Waals surface area (Å²) in [4.78, 5) is 13.9. The van der Waals surface area contributed by atoms with Crippen molar-refractivity contribution in [2.45, 2.75) is 0 Å². The summed E-state index contributed by atoms with van der Waals surface area (Å²) in [6, 6.07) is 6.03. The van der Waals surface area contributed by atoms with Crippen LogP contribution in [0, 0.1) is 5.82 Å². The molecule has 2 N–H and O–H groups in total. The summed E-state index contributed by atoms with van der Waals surface area (Å²) in [6.07, 6.45) is 3.16. The smallest absolute Gasteiger partial charge is 0.244 e. The highest BCUT2D eigenvalue weighted by Crippen LogP contribution is 2.04. The Morgan fingerprint density at radius 3 is 2.70 bits per heavy atom. The first-order chi connectivity index (χ1) is 9.74. The molecule has 1 aromatic carbocycles. The molecule has 2 rings (SSSR count). The first-order valence-corrected chi connectivity index (χ1v) is 6.88. The van der Waals surface area contributed by atoms with Gasteiger partial charge in [-0.05, 0) is 23.8 Å². The maximum absolute atomic E-state index is 12.7. The first-order valence-electron chi connectivity index (χ1n) is 6.88. The Morgan fingerprint density at radius 2 is 2.00 bits per heavy atom. The number of amides is 1. The number of benzene rings is 1. The van der Waals surface area contributed by atoms with Gasteiger partial charge >= 0.3 is 0 Å². The number of rotatable bonds is 5. The number of nitrogens with one attached hydrogen (secondary N) is 2. The quantitative estimate of drug-likeness (QED) is 0.785. The van der Waals surface area contributed by atoms with Crippen molar-refractivity contribution in [1.29, 1.82) is 0 Å². The summed E-state index contributed by atoms with van der Waals surface area (Å²) in [7, 11) is 0. The van der Waals surface area contributed by atoms with Crippen molar-refractivity contribution in [1.82, 2.24) is 15.5 Å². The monoisotopic (exact) mass is 277 g/mol. The minimum atomic E-state index is -0.275. The Hall–Kier alpha value is -1.72. The van der Waals surface area contributed by atoms with Crippen molar-refractivity contribution in [2.75, 3.05) is 39.3 Å². The molecule has 1 aromatic rings. The van der Waals surface area contributed by atoms with Crippen molar-refractivity contribution in [3.63, 3.8) is 0 Å². The van der Waals surface area contributed by atoms with Crippen LogP contribution in [0.3, 0.4) is 0 Å². The van der Waals surface area contributed by atoms with Gasteiger partial charge in [0.1, 0.15) is 5.82 Å². The van der Waals surface area contributed by atoms with Crippen molar-refractivity contribution in [3.8, 4) is 0 Å². The third-order valence-electron chi connectivity index (χ3n) is 3.23. The minimum absolute atomic E-state index is 0.121. The fourth-order valence-corrected chi connectivity index (χ4v) is 2.08. The van der Waals surface area contributed by atoms with Crippen LogP contribution in [0.4, 0.5) is 4.39 Å². The van der Waals surface area contributed by atoms with Crippen molar-refractivity contribution < 1.29 is 9.18 Å². The Balaban J connectivity index is 1.68. The van der Waals surface area contributed by atoms with Crippen LogP contribution in [0.15, 0.2) is 30.3 Å². The normalized spacial score (nSPS) is 16.4. The SMILES string of the molecule is O=C(/C=C/c1ccc(F)cc1)NCCN1CCNCC1. The topological polar surface area (TPSA) is 44.4 Å². The number of carbonyl (C=O) groups excluding carboxylic acids is 1. The van der Waals surface area contributed by atoms with Crippen LogP contribution >= 0.6 is 0 Å². The zero-order valence-electron chi connectivity index (χ0n) is 11.4. The second kappa shape index (κ2) is 7.77. The number of hydrogen-bond donors (Lipinski definition) is 2. The molecular weight excluding hydrogens is 257 g/mol. The van der Waals surface area contributed by atoms with Gasteiger partial charge in [-0.1, -0.05) is 12.1 Å². The van der Waals surface area contributed by atoms with Crippen LogP contribution in [0.1, 0.15) is 5.56 Å². The third kappa shape index (κ3) is 5.11. The standard InChI is InChI=1S/C15H20FN3O/c16-14-4-1-13(2-5-14)3-6-15(20)18-9-12-19-10-7-17-8-11-19/h1-6,17H,7-12H2,(H,18,20)/b6-3+. The van der Waals surface area contributed by atoms with E-state index in [1.54, 1.807) is 18.2 Å². The van der Waals surface area contributed by atoms with E-state index in [0.717, 1.165) is 38.3 Å². The van der Waals surface area contributed by atoms with E-state index in [0.29, 0.717) is 6.54 Å². The van der Waals surface area contributed by atoms with Gasteiger partial charge in [-0.2, -0.15) is 0 Å². The lowest BCUT2D eigenvalue weighted by Crippen LogP contribution is -2.46. The fraction of sp³-hybridized carbons (Fsp3) is 0.400. The highest BCUT2D eigenvalue weighted by Gasteiger charge is 2.08. The molecule has 108 valence electrons. The van der Waals surface area contributed by atoms with Gasteiger partial charge in [0.05, 0.1) is 0 Å². The van der Waals surface area contributed by atoms with E-state index in [1.165, 1.54) is 18.2 Å². The number of carbonyl (C=O) groups is 1. The summed E-state index contributed by atoms with van der Waals surface area (Å²) in [6.45, 7) is 5.60. The Labute approximate surface area is 118 Å². The molecule has 4 nitrogen and oxygen atoms in total. The molecule has 0 unspecified atom stereocenters. The maximum Gasteiger partial charge on any atom is 0.244 e. The highest BCUT2D eigenvalue weighted by molar-refractivity contribution is 5.91. The first kappa shape index (κ1) is 14.7. The zero-order valence-corrected chi connectivity index (χ0v) is 11.4. The van der Waals surface area contributed by atoms with Crippen LogP contribution in [-0.4, -0.2) is 50.1 Å². The molecule has 1 saturated heterocycles. The molecule has 20 heavy (non-hydrogen) atoms. The van der Waals surface area contributed by atoms with E-state index < -0.39 is 0 Å². The van der Waals surface area contributed by atoms with E-state index in [4.69, 9.17) is 0 Å². The Kier molecular flexibility index (Phi) is 5.70. The van der Waals surface area contributed by atoms with Gasteiger partial charge in [0.25, 0.3) is 0 Å². The zero-order chi connectivity index (χ0) is 14.2. The summed E-state index contributed by atoms with van der Waals surface area (Å²) in [5.41, 5.74) is 0.809. The van der Waals surface area contributed by atoms with Gasteiger partial charge in [0.2, 0.25) is 5.91 Å². The minimum Gasteiger partial charge on any atom is -0.351 e. The summed E-state index contributed by atoms with van der Waals surface area (Å²) in [5, 5.41) is 6.14. The lowest BCUT2D eigenvalue weighted by molar-refractivity contribution is -0.116. The molecule has 1 heterocycles. The van der Waals surface area contributed by atoms with E-state index in [1.807, 2.05) is 0 Å². The molecule has 1 aliphatic rings. The number of halogens is 1. The maximum atomic E-state index is 12.7. The molecule has 0 bridgehead atoms. The Morgan fingerprint density at radius 1 is 1.30 bits per heavy atom. The number of piperazine rings is 1. The molecule has 1 amide bonds. The fourth-order valence-electron chi connectivity index (χ4n) is 2.08. The van der Waals surface area contributed by atoms with Gasteiger partial charge in [-0.3, -0.25) is 9.69 Å². The molecule has 0 aliphatic carbocycles. The van der Waals surface area contributed by atoms with E-state index in [2.05, 4.69) is 15.5 Å². The average molecular weight is 277 g/mol. The number of nitrogens with zero attached hydrogens (tertiary/aromatic N) is 1. The van der Waals surface area contributed by atoms with E-state index in [9.17, 15) is 9.18 Å². The molecule has 0 atom stereocenters. The molecular formula is C15H20FN3O. The average Bonchev–Trinajstić information content (AvgIpc) is 2.48. The summed E-state index contributed by atoms with van der Waals surface area (Å²) in [5.74, 6) is -0.396. The molecule has 1 aliphatic heterocycles. The van der Waals surface area contributed by atoms with Gasteiger partial charge in [0.15, 0.2) is 0 Å². The predicted molar refractivity (Wildman–Crippen MR) is 77.8 cm³/mol. The summed E-state index contributed by atoms with van der Waals surface area (Å²) < 4.78 is 12.7. The van der Waals surface area contributed by atoms with Crippen LogP contribution in [-0.2, 0) is 4.79 Å². The van der Waals surface area contributed by atoms with E-state index >= 15 is 0 Å². The van der Waals surface area contributed by atoms with Crippen molar-refractivity contribution >= 4 is 12.0 Å². The molecule has 0 saturated carbocycles. The van der Waals surface area contributed by atoms with Gasteiger partial charge < -0.3 is 10.6 Å². The van der Waals surface area contributed by atoms with Crippen molar-refractivity contribution in [3.05, 3.63) is 41.7 Å². The van der Waals surface area contributed by atoms with Gasteiger partial charge in [0, 0.05) is 45.3 Å². The summed E-state index contributed by atoms with van der Waals surface area (Å²) >= 11 is 0. The second-order valence-corrected chi connectivity index (χ2v) is 4.77. The molecule has 1 fully saturated rings. The molecule has 0 radical (unpaired) electrons.